The fourth-order valence-electron chi connectivity index (χ4n) is 2.90. The van der Waals surface area contributed by atoms with Crippen LogP contribution in [0.1, 0.15) is 21.6 Å². The molecule has 0 unspecified atom stereocenters. The second-order valence-corrected chi connectivity index (χ2v) is 6.69. The molecule has 8 heteroatoms. The van der Waals surface area contributed by atoms with Gasteiger partial charge >= 0.3 is 0 Å². The lowest BCUT2D eigenvalue weighted by Gasteiger charge is -2.10. The van der Waals surface area contributed by atoms with Gasteiger partial charge in [-0.2, -0.15) is 0 Å². The molecule has 0 bridgehead atoms. The first-order valence-corrected chi connectivity index (χ1v) is 9.59. The lowest BCUT2D eigenvalue weighted by atomic mass is 10.1. The summed E-state index contributed by atoms with van der Waals surface area (Å²) in [5.41, 5.74) is 1.39. The number of hydrogen-bond donors (Lipinski definition) is 2. The van der Waals surface area contributed by atoms with Gasteiger partial charge in [0.15, 0.2) is 17.2 Å². The van der Waals surface area contributed by atoms with E-state index < -0.39 is 11.3 Å². The number of ether oxygens (including phenoxy) is 3. The number of rotatable bonds is 9. The monoisotopic (exact) mass is 426 g/mol. The Morgan fingerprint density at radius 1 is 0.968 bits per heavy atom. The SMILES string of the molecule is COc1ccc(CCNC(=O)c2cc(=O)c(OCc3ccc(F)cc3)c[nH]2)cc1OC. The predicted molar refractivity (Wildman–Crippen MR) is 113 cm³/mol. The first-order valence-electron chi connectivity index (χ1n) is 9.59. The van der Waals surface area contributed by atoms with Gasteiger partial charge in [0.25, 0.3) is 5.91 Å². The van der Waals surface area contributed by atoms with Crippen LogP contribution >= 0.6 is 0 Å². The number of halogens is 1. The van der Waals surface area contributed by atoms with Crippen LogP contribution < -0.4 is 25.0 Å². The highest BCUT2D eigenvalue weighted by molar-refractivity contribution is 5.92. The number of nitrogens with one attached hydrogen (secondary N) is 2. The Bertz CT molecular complexity index is 1100. The Kier molecular flexibility index (Phi) is 7.26. The minimum Gasteiger partial charge on any atom is -0.493 e. The second-order valence-electron chi connectivity index (χ2n) is 6.69. The minimum atomic E-state index is -0.425. The van der Waals surface area contributed by atoms with Crippen LogP contribution in [0, 0.1) is 5.82 Å². The molecule has 0 spiro atoms. The van der Waals surface area contributed by atoms with E-state index in [9.17, 15) is 14.0 Å². The number of carbonyl (C=O) groups is 1. The van der Waals surface area contributed by atoms with Crippen molar-refractivity contribution in [1.29, 1.82) is 0 Å². The smallest absolute Gasteiger partial charge is 0.267 e. The molecule has 0 aliphatic heterocycles. The van der Waals surface area contributed by atoms with Crippen LogP contribution in [0.15, 0.2) is 59.5 Å². The molecule has 2 aromatic carbocycles. The average Bonchev–Trinajstić information content (AvgIpc) is 2.79. The number of hydrogen-bond acceptors (Lipinski definition) is 5. The summed E-state index contributed by atoms with van der Waals surface area (Å²) in [5.74, 6) is 0.582. The van der Waals surface area contributed by atoms with Gasteiger partial charge in [-0.15, -0.1) is 0 Å². The zero-order chi connectivity index (χ0) is 22.2. The summed E-state index contributed by atoms with van der Waals surface area (Å²) < 4.78 is 28.9. The van der Waals surface area contributed by atoms with Crippen molar-refractivity contribution < 1.29 is 23.4 Å². The van der Waals surface area contributed by atoms with Gasteiger partial charge in [-0.25, -0.2) is 4.39 Å². The molecule has 0 radical (unpaired) electrons. The van der Waals surface area contributed by atoms with E-state index in [2.05, 4.69) is 10.3 Å². The van der Waals surface area contributed by atoms with Crippen LogP contribution in [0.4, 0.5) is 4.39 Å². The number of pyridine rings is 1. The van der Waals surface area contributed by atoms with Crippen LogP contribution in [0.2, 0.25) is 0 Å². The van der Waals surface area contributed by atoms with Crippen LogP contribution in [0.3, 0.4) is 0 Å². The van der Waals surface area contributed by atoms with Crippen molar-refractivity contribution in [2.75, 3.05) is 20.8 Å². The molecule has 3 aromatic rings. The quantitative estimate of drug-likeness (QED) is 0.549. The van der Waals surface area contributed by atoms with Gasteiger partial charge < -0.3 is 24.5 Å². The Morgan fingerprint density at radius 2 is 1.68 bits per heavy atom. The van der Waals surface area contributed by atoms with E-state index in [1.54, 1.807) is 32.4 Å². The van der Waals surface area contributed by atoms with Crippen molar-refractivity contribution in [3.63, 3.8) is 0 Å². The highest BCUT2D eigenvalue weighted by Crippen LogP contribution is 2.27. The van der Waals surface area contributed by atoms with Crippen LogP contribution in [-0.4, -0.2) is 31.7 Å². The maximum absolute atomic E-state index is 12.9. The Hall–Kier alpha value is -3.81. The van der Waals surface area contributed by atoms with E-state index in [0.29, 0.717) is 24.5 Å². The van der Waals surface area contributed by atoms with E-state index in [1.807, 2.05) is 12.1 Å². The summed E-state index contributed by atoms with van der Waals surface area (Å²) in [5, 5.41) is 2.77. The fourth-order valence-corrected chi connectivity index (χ4v) is 2.90. The van der Waals surface area contributed by atoms with Gasteiger partial charge in [0.1, 0.15) is 18.1 Å². The minimum absolute atomic E-state index is 0.0752. The summed E-state index contributed by atoms with van der Waals surface area (Å²) in [6, 6.07) is 12.5. The second kappa shape index (κ2) is 10.3. The molecular formula is C23H23FN2O5. The number of benzene rings is 2. The summed E-state index contributed by atoms with van der Waals surface area (Å²) in [4.78, 5) is 27.3. The highest BCUT2D eigenvalue weighted by Gasteiger charge is 2.10. The number of H-pyrrole nitrogens is 1. The van der Waals surface area contributed by atoms with Crippen LogP contribution in [-0.2, 0) is 13.0 Å². The third-order valence-electron chi connectivity index (χ3n) is 4.58. The van der Waals surface area contributed by atoms with Gasteiger partial charge in [-0.05, 0) is 41.8 Å². The molecule has 0 aliphatic carbocycles. The van der Waals surface area contributed by atoms with Crippen molar-refractivity contribution in [2.24, 2.45) is 0 Å². The largest absolute Gasteiger partial charge is 0.493 e. The van der Waals surface area contributed by atoms with E-state index >= 15 is 0 Å². The lowest BCUT2D eigenvalue weighted by Crippen LogP contribution is -2.27. The molecule has 0 fully saturated rings. The van der Waals surface area contributed by atoms with Crippen molar-refractivity contribution in [3.8, 4) is 17.2 Å². The van der Waals surface area contributed by atoms with Crippen LogP contribution in [0.5, 0.6) is 17.2 Å². The molecular weight excluding hydrogens is 403 g/mol. The highest BCUT2D eigenvalue weighted by atomic mass is 19.1. The van der Waals surface area contributed by atoms with E-state index in [1.165, 1.54) is 24.4 Å². The Morgan fingerprint density at radius 3 is 2.35 bits per heavy atom. The van der Waals surface area contributed by atoms with Gasteiger partial charge in [0.05, 0.1) is 14.2 Å². The molecule has 31 heavy (non-hydrogen) atoms. The number of amides is 1. The van der Waals surface area contributed by atoms with Crippen molar-refractivity contribution in [1.82, 2.24) is 10.3 Å². The number of methoxy groups -OCH3 is 2. The Balaban J connectivity index is 1.54. The first-order chi connectivity index (χ1) is 15.0. The zero-order valence-electron chi connectivity index (χ0n) is 17.2. The summed E-state index contributed by atoms with van der Waals surface area (Å²) in [6.07, 6.45) is 1.92. The summed E-state index contributed by atoms with van der Waals surface area (Å²) in [7, 11) is 3.13. The molecule has 0 saturated carbocycles. The molecule has 0 atom stereocenters. The zero-order valence-corrected chi connectivity index (χ0v) is 17.2. The molecule has 0 aliphatic rings. The number of aromatic amines is 1. The molecule has 1 heterocycles. The first kappa shape index (κ1) is 21.9. The third-order valence-corrected chi connectivity index (χ3v) is 4.58. The standard InChI is InChI=1S/C23H23FN2O5/c1-29-20-8-5-15(11-21(20)30-2)9-10-25-23(28)18-12-19(27)22(13-26-18)31-14-16-3-6-17(24)7-4-16/h3-8,11-13H,9-10,14H2,1-2H3,(H,25,28)(H,26,27). The van der Waals surface area contributed by atoms with Crippen LogP contribution in [0.25, 0.3) is 0 Å². The van der Waals surface area contributed by atoms with Gasteiger partial charge in [0, 0.05) is 18.8 Å². The molecule has 3 rings (SSSR count). The van der Waals surface area contributed by atoms with E-state index in [-0.39, 0.29) is 23.9 Å². The lowest BCUT2D eigenvalue weighted by molar-refractivity contribution is 0.0949. The predicted octanol–water partition coefficient (Wildman–Crippen LogP) is 3.08. The summed E-state index contributed by atoms with van der Waals surface area (Å²) >= 11 is 0. The number of carbonyl (C=O) groups excluding carboxylic acids is 1. The normalized spacial score (nSPS) is 10.4. The Labute approximate surface area is 178 Å². The molecule has 1 aromatic heterocycles. The van der Waals surface area contributed by atoms with Gasteiger partial charge in [-0.3, -0.25) is 9.59 Å². The van der Waals surface area contributed by atoms with Crippen molar-refractivity contribution >= 4 is 5.91 Å². The molecule has 2 N–H and O–H groups in total. The third kappa shape index (κ3) is 5.85. The van der Waals surface area contributed by atoms with Gasteiger partial charge in [-0.1, -0.05) is 18.2 Å². The molecule has 7 nitrogen and oxygen atoms in total. The van der Waals surface area contributed by atoms with E-state index in [4.69, 9.17) is 14.2 Å². The van der Waals surface area contributed by atoms with E-state index in [0.717, 1.165) is 11.1 Å². The topological polar surface area (TPSA) is 89.6 Å². The van der Waals surface area contributed by atoms with Crippen molar-refractivity contribution in [2.45, 2.75) is 13.0 Å². The molecule has 162 valence electrons. The summed E-state index contributed by atoms with van der Waals surface area (Å²) in [6.45, 7) is 0.486. The molecule has 1 amide bonds. The average molecular weight is 426 g/mol. The maximum atomic E-state index is 12.9. The molecule has 0 saturated heterocycles. The van der Waals surface area contributed by atoms with Crippen molar-refractivity contribution in [3.05, 3.63) is 87.6 Å². The van der Waals surface area contributed by atoms with Gasteiger partial charge in [0.2, 0.25) is 5.43 Å². The fraction of sp³-hybridized carbons (Fsp3) is 0.217. The number of aromatic nitrogens is 1. The maximum Gasteiger partial charge on any atom is 0.267 e.